The highest BCUT2D eigenvalue weighted by Crippen LogP contribution is 2.66. The van der Waals surface area contributed by atoms with Gasteiger partial charge in [-0.25, -0.2) is 4.79 Å². The molecule has 0 saturated heterocycles. The average molecular weight is 597 g/mol. The summed E-state index contributed by atoms with van der Waals surface area (Å²) in [7, 11) is 0. The third-order valence-electron chi connectivity index (χ3n) is 11.2. The maximum atomic E-state index is 12.5. The van der Waals surface area contributed by atoms with Crippen LogP contribution in [0, 0.1) is 39.7 Å². The van der Waals surface area contributed by atoms with Gasteiger partial charge in [0, 0.05) is 5.92 Å². The minimum atomic E-state index is -1.71. The first kappa shape index (κ1) is 31.2. The van der Waals surface area contributed by atoms with E-state index >= 15 is 0 Å². The van der Waals surface area contributed by atoms with Crippen LogP contribution < -0.4 is 10.5 Å². The Morgan fingerprint density at radius 2 is 1.91 bits per heavy atom. The van der Waals surface area contributed by atoms with Crippen molar-refractivity contribution in [3.8, 4) is 0 Å². The number of fused-ring (bicyclic) bond motifs is 5. The molecule has 234 valence electrons. The van der Waals surface area contributed by atoms with Crippen LogP contribution in [-0.2, 0) is 19.2 Å². The summed E-state index contributed by atoms with van der Waals surface area (Å²) in [5.74, 6) is 0.0920. The van der Waals surface area contributed by atoms with E-state index < -0.39 is 35.9 Å². The molecule has 4 aliphatic carbocycles. The van der Waals surface area contributed by atoms with Crippen LogP contribution in [0.1, 0.15) is 83.8 Å². The Morgan fingerprint density at radius 3 is 2.60 bits per heavy atom. The molecule has 0 radical (unpaired) electrons. The fourth-order valence-electron chi connectivity index (χ4n) is 9.00. The normalized spacial score (nSPS) is 33.7. The van der Waals surface area contributed by atoms with Gasteiger partial charge in [-0.1, -0.05) is 36.7 Å². The van der Waals surface area contributed by atoms with Crippen LogP contribution >= 0.6 is 0 Å². The fraction of sp³-hybridized carbons (Fsp3) is 0.625. The molecule has 1 aromatic rings. The van der Waals surface area contributed by atoms with Crippen LogP contribution in [0.15, 0.2) is 41.1 Å². The van der Waals surface area contributed by atoms with Gasteiger partial charge in [-0.05, 0) is 111 Å². The number of nitrogens with zero attached hydrogens (tertiary/aromatic N) is 2. The topological polar surface area (TPSA) is 172 Å². The predicted octanol–water partition coefficient (Wildman–Crippen LogP) is 4.52. The lowest BCUT2D eigenvalue weighted by Crippen LogP contribution is -2.51. The van der Waals surface area contributed by atoms with Crippen molar-refractivity contribution >= 4 is 29.1 Å². The number of allylic oxidation sites excluding steroid dienone is 2. The van der Waals surface area contributed by atoms with Crippen molar-refractivity contribution in [3.63, 3.8) is 0 Å². The summed E-state index contributed by atoms with van der Waals surface area (Å²) < 4.78 is 0. The number of carboxylic acid groups (broad SMARTS) is 1. The third kappa shape index (κ3) is 5.82. The molecule has 4 aliphatic rings. The third-order valence-corrected chi connectivity index (χ3v) is 11.2. The number of hydrogen-bond acceptors (Lipinski definition) is 9. The van der Waals surface area contributed by atoms with Gasteiger partial charge in [-0.2, -0.15) is 0 Å². The Kier molecular flexibility index (Phi) is 8.70. The van der Waals surface area contributed by atoms with Crippen molar-refractivity contribution in [2.45, 2.75) is 84.3 Å². The number of ketones is 1. The molecular formula is C32H42N3O8-. The highest BCUT2D eigenvalue weighted by atomic mass is 16.8. The molecule has 11 nitrogen and oxygen atoms in total. The molecule has 11 heteroatoms. The Morgan fingerprint density at radius 1 is 1.14 bits per heavy atom. The van der Waals surface area contributed by atoms with Crippen LogP contribution in [-0.4, -0.2) is 51.4 Å². The molecule has 0 unspecified atom stereocenters. The quantitative estimate of drug-likeness (QED) is 0.299. The Hall–Kier alpha value is -3.28. The highest BCUT2D eigenvalue weighted by Gasteiger charge is 2.59. The zero-order valence-electron chi connectivity index (χ0n) is 25.0. The van der Waals surface area contributed by atoms with Crippen molar-refractivity contribution < 1.29 is 34.6 Å². The number of hydrogen-bond donors (Lipinski definition) is 4. The number of aliphatic carboxylic acids is 1. The molecule has 1 amide bonds. The number of oxime groups is 1. The maximum Gasteiger partial charge on any atom is 0.329 e. The van der Waals surface area contributed by atoms with E-state index in [2.05, 4.69) is 30.4 Å². The Labute approximate surface area is 251 Å². The molecule has 43 heavy (non-hydrogen) atoms. The van der Waals surface area contributed by atoms with E-state index in [1.54, 1.807) is 6.92 Å². The largest absolute Gasteiger partial charge is 0.733 e. The number of amides is 1. The summed E-state index contributed by atoms with van der Waals surface area (Å²) in [5.41, 5.74) is 2.15. The minimum absolute atomic E-state index is 0.0297. The molecule has 8 atom stereocenters. The number of benzene rings is 1. The zero-order chi connectivity index (χ0) is 31.1. The monoisotopic (exact) mass is 596 g/mol. The molecule has 0 heterocycles. The summed E-state index contributed by atoms with van der Waals surface area (Å²) in [4.78, 5) is 42.0. The number of carbonyl (C=O) groups excluding carboxylic acids is 2. The second-order valence-electron chi connectivity index (χ2n) is 13.3. The van der Waals surface area contributed by atoms with Crippen molar-refractivity contribution in [3.05, 3.63) is 46.7 Å². The number of rotatable bonds is 9. The maximum absolute atomic E-state index is 12.5. The molecule has 0 aromatic heterocycles. The SMILES string of the molecule is CC(=O)[C@H]1CC[C@H]2[C@H]3CCC4=CC(=NOCC(=O)N[C@H](C(=O)O)[C@H](O)c5cccc(N([O-])O)c5)CC[C@]4(C)[C@H]3CC[C@]12C. The lowest BCUT2D eigenvalue weighted by Gasteiger charge is -2.58. The molecule has 0 spiro atoms. The molecule has 0 bridgehead atoms. The first-order chi connectivity index (χ1) is 20.3. The molecule has 3 fully saturated rings. The van der Waals surface area contributed by atoms with Crippen LogP contribution in [0.25, 0.3) is 0 Å². The van der Waals surface area contributed by atoms with Crippen molar-refractivity contribution in [1.82, 2.24) is 5.32 Å². The Balaban J connectivity index is 1.20. The number of aliphatic hydroxyl groups is 1. The standard InChI is InChI=1S/C32H42N3O8/c1-18(36)24-9-10-25-23-8-7-20-16-21(11-13-31(20,2)26(23)12-14-32(24,25)3)34-43-17-27(37)33-28(30(39)40)29(38)19-5-4-6-22(15-19)35(41)42/h4-6,15-16,23-26,28-29,38,41H,7-14,17H2,1-3H3,(H,33,37)(H,39,40)/q-1/t23-,24-,25+,26+,28+,29-,31+,32-/m1/s1. The lowest BCUT2D eigenvalue weighted by atomic mass is 9.46. The van der Waals surface area contributed by atoms with Gasteiger partial charge in [-0.3, -0.25) is 14.8 Å². The Bertz CT molecular complexity index is 1330. The lowest BCUT2D eigenvalue weighted by molar-refractivity contribution is -0.146. The zero-order valence-corrected chi connectivity index (χ0v) is 25.0. The van der Waals surface area contributed by atoms with Gasteiger partial charge in [0.1, 0.15) is 11.9 Å². The van der Waals surface area contributed by atoms with Gasteiger partial charge in [0.25, 0.3) is 5.91 Å². The number of carboxylic acids is 1. The van der Waals surface area contributed by atoms with E-state index in [1.807, 2.05) is 0 Å². The predicted molar refractivity (Wildman–Crippen MR) is 158 cm³/mol. The molecular weight excluding hydrogens is 554 g/mol. The summed E-state index contributed by atoms with van der Waals surface area (Å²) in [6, 6.07) is 3.44. The number of aliphatic hydroxyl groups excluding tert-OH is 1. The number of nitrogens with one attached hydrogen (secondary N) is 1. The van der Waals surface area contributed by atoms with E-state index in [9.17, 15) is 29.8 Å². The smallest absolute Gasteiger partial charge is 0.329 e. The van der Waals surface area contributed by atoms with Crippen LogP contribution in [0.2, 0.25) is 0 Å². The van der Waals surface area contributed by atoms with E-state index in [-0.39, 0.29) is 28.0 Å². The molecule has 5 rings (SSSR count). The van der Waals surface area contributed by atoms with Crippen LogP contribution in [0.5, 0.6) is 0 Å². The van der Waals surface area contributed by atoms with Gasteiger partial charge >= 0.3 is 5.97 Å². The van der Waals surface area contributed by atoms with Gasteiger partial charge < -0.3 is 30.8 Å². The van der Waals surface area contributed by atoms with Crippen LogP contribution in [0.4, 0.5) is 5.69 Å². The van der Waals surface area contributed by atoms with Gasteiger partial charge in [0.05, 0.1) is 11.4 Å². The number of Topliss-reactive ketones (excluding diaryl/α,β-unsaturated/α-hetero) is 1. The molecule has 4 N–H and O–H groups in total. The molecule has 1 aromatic carbocycles. The second kappa shape index (κ2) is 12.0. The van der Waals surface area contributed by atoms with E-state index in [0.29, 0.717) is 30.0 Å². The van der Waals surface area contributed by atoms with E-state index in [0.717, 1.165) is 56.7 Å². The second-order valence-corrected chi connectivity index (χ2v) is 13.3. The minimum Gasteiger partial charge on any atom is -0.733 e. The summed E-state index contributed by atoms with van der Waals surface area (Å²) >= 11 is 0. The van der Waals surface area contributed by atoms with Crippen molar-refractivity contribution in [2.24, 2.45) is 39.7 Å². The van der Waals surface area contributed by atoms with Crippen molar-refractivity contribution in [1.29, 1.82) is 0 Å². The van der Waals surface area contributed by atoms with Gasteiger partial charge in [0.2, 0.25) is 0 Å². The number of carbonyl (C=O) groups is 3. The molecule has 0 aliphatic heterocycles. The number of anilines is 1. The van der Waals surface area contributed by atoms with E-state index in [1.165, 1.54) is 23.8 Å². The summed E-state index contributed by atoms with van der Waals surface area (Å²) in [6.45, 7) is 5.96. The van der Waals surface area contributed by atoms with Gasteiger partial charge in [0.15, 0.2) is 12.6 Å². The molecule has 3 saturated carbocycles. The summed E-state index contributed by atoms with van der Waals surface area (Å²) in [5, 5.41) is 46.4. The average Bonchev–Trinajstić information content (AvgIpc) is 3.33. The fourth-order valence-corrected chi connectivity index (χ4v) is 9.00. The summed E-state index contributed by atoms with van der Waals surface area (Å²) in [6.07, 6.45) is 8.56. The highest BCUT2D eigenvalue weighted by molar-refractivity contribution is 5.96. The van der Waals surface area contributed by atoms with Crippen molar-refractivity contribution in [2.75, 3.05) is 11.8 Å². The van der Waals surface area contributed by atoms with Gasteiger partial charge in [-0.15, -0.1) is 0 Å². The van der Waals surface area contributed by atoms with Crippen LogP contribution in [0.3, 0.4) is 0 Å². The van der Waals surface area contributed by atoms with E-state index in [4.69, 9.17) is 10.0 Å². The first-order valence-corrected chi connectivity index (χ1v) is 15.2. The first-order valence-electron chi connectivity index (χ1n) is 15.2.